The van der Waals surface area contributed by atoms with Crippen molar-refractivity contribution in [3.63, 3.8) is 0 Å². The summed E-state index contributed by atoms with van der Waals surface area (Å²) in [7, 11) is 0. The van der Waals surface area contributed by atoms with E-state index in [0.29, 0.717) is 18.8 Å². The smallest absolute Gasteiger partial charge is 0.382 e. The number of aromatic nitrogens is 4. The summed E-state index contributed by atoms with van der Waals surface area (Å²) in [5.74, 6) is -0.419. The molecule has 0 radical (unpaired) electrons. The molecular formula is C26H30F3N7O2. The second-order valence-corrected chi connectivity index (χ2v) is 10.3. The quantitative estimate of drug-likeness (QED) is 0.530. The standard InChI is InChI=1S/C26H30F3N7O2/c1-14-11-35(25(38)16-6-4-3-5-7-16)12-20(14)34-24(37)18-8-17(10-31-15(18)2)21-9-19(26(27,28)29)22-23(30)32-13-33-36(21)22/h8-10,13-14,16,20H,3-7,11-12H2,1-2H3,(H,34,37)(H2,30,32,33)/t14-,20?/m0/s1. The summed E-state index contributed by atoms with van der Waals surface area (Å²) in [5, 5.41) is 6.99. The van der Waals surface area contributed by atoms with Gasteiger partial charge in [0.1, 0.15) is 11.8 Å². The molecule has 1 unspecified atom stereocenters. The highest BCUT2D eigenvalue weighted by atomic mass is 19.4. The maximum absolute atomic E-state index is 13.7. The van der Waals surface area contributed by atoms with Crippen LogP contribution in [0, 0.1) is 18.8 Å². The van der Waals surface area contributed by atoms with Crippen LogP contribution in [-0.4, -0.2) is 55.4 Å². The van der Waals surface area contributed by atoms with Gasteiger partial charge in [0.2, 0.25) is 5.91 Å². The van der Waals surface area contributed by atoms with Crippen molar-refractivity contribution in [2.24, 2.45) is 11.8 Å². The number of hydrogen-bond acceptors (Lipinski definition) is 6. The number of pyridine rings is 1. The summed E-state index contributed by atoms with van der Waals surface area (Å²) >= 11 is 0. The lowest BCUT2D eigenvalue weighted by atomic mass is 9.88. The van der Waals surface area contributed by atoms with Crippen molar-refractivity contribution in [2.75, 3.05) is 18.8 Å². The molecule has 0 bridgehead atoms. The minimum Gasteiger partial charge on any atom is -0.382 e. The molecule has 3 aromatic rings. The van der Waals surface area contributed by atoms with E-state index in [0.717, 1.165) is 42.6 Å². The predicted octanol–water partition coefficient (Wildman–Crippen LogP) is 3.86. The Morgan fingerprint density at radius 3 is 2.55 bits per heavy atom. The molecule has 0 aromatic carbocycles. The fourth-order valence-electron chi connectivity index (χ4n) is 5.58. The number of halogens is 3. The third-order valence-electron chi connectivity index (χ3n) is 7.71. The highest BCUT2D eigenvalue weighted by Gasteiger charge is 2.38. The Labute approximate surface area is 217 Å². The van der Waals surface area contributed by atoms with Crippen LogP contribution in [0.3, 0.4) is 0 Å². The normalized spacial score (nSPS) is 20.7. The van der Waals surface area contributed by atoms with Crippen molar-refractivity contribution in [1.82, 2.24) is 29.8 Å². The number of carbonyl (C=O) groups excluding carboxylic acids is 2. The summed E-state index contributed by atoms with van der Waals surface area (Å²) < 4.78 is 42.3. The van der Waals surface area contributed by atoms with E-state index in [1.807, 2.05) is 11.8 Å². The molecule has 1 saturated heterocycles. The number of rotatable bonds is 4. The Bertz CT molecular complexity index is 1380. The molecule has 5 rings (SSSR count). The molecule has 0 spiro atoms. The van der Waals surface area contributed by atoms with Crippen LogP contribution in [0.2, 0.25) is 0 Å². The molecule has 2 aliphatic rings. The Kier molecular flexibility index (Phi) is 6.74. The van der Waals surface area contributed by atoms with Gasteiger partial charge in [-0.2, -0.15) is 18.3 Å². The number of nitrogens with zero attached hydrogens (tertiary/aromatic N) is 5. The lowest BCUT2D eigenvalue weighted by Gasteiger charge is -2.26. The van der Waals surface area contributed by atoms with E-state index in [9.17, 15) is 22.8 Å². The number of amides is 2. The van der Waals surface area contributed by atoms with E-state index in [1.165, 1.54) is 18.7 Å². The Morgan fingerprint density at radius 1 is 1.11 bits per heavy atom. The van der Waals surface area contributed by atoms with Gasteiger partial charge in [-0.25, -0.2) is 9.50 Å². The van der Waals surface area contributed by atoms with Crippen molar-refractivity contribution in [3.05, 3.63) is 41.5 Å². The molecule has 12 heteroatoms. The zero-order valence-corrected chi connectivity index (χ0v) is 21.3. The second-order valence-electron chi connectivity index (χ2n) is 10.3. The highest BCUT2D eigenvalue weighted by molar-refractivity contribution is 5.96. The summed E-state index contributed by atoms with van der Waals surface area (Å²) in [6, 6.07) is 2.20. The van der Waals surface area contributed by atoms with Crippen LogP contribution in [0.1, 0.15) is 60.6 Å². The number of fused-ring (bicyclic) bond motifs is 1. The van der Waals surface area contributed by atoms with E-state index >= 15 is 0 Å². The van der Waals surface area contributed by atoms with E-state index in [2.05, 4.69) is 20.4 Å². The number of anilines is 1. The maximum Gasteiger partial charge on any atom is 0.418 e. The lowest BCUT2D eigenvalue weighted by Crippen LogP contribution is -2.41. The number of carbonyl (C=O) groups is 2. The third-order valence-corrected chi connectivity index (χ3v) is 7.71. The first kappa shape index (κ1) is 25.9. The van der Waals surface area contributed by atoms with E-state index in [-0.39, 0.29) is 51.9 Å². The van der Waals surface area contributed by atoms with E-state index in [1.54, 1.807) is 6.92 Å². The van der Waals surface area contributed by atoms with Crippen molar-refractivity contribution < 1.29 is 22.8 Å². The number of alkyl halides is 3. The summed E-state index contributed by atoms with van der Waals surface area (Å²) in [4.78, 5) is 36.2. The zero-order valence-electron chi connectivity index (χ0n) is 21.3. The number of nitrogens with one attached hydrogen (secondary N) is 1. The molecule has 1 saturated carbocycles. The average Bonchev–Trinajstić information content (AvgIpc) is 3.46. The minimum absolute atomic E-state index is 0.0600. The first-order valence-electron chi connectivity index (χ1n) is 12.8. The molecule has 38 heavy (non-hydrogen) atoms. The van der Waals surface area contributed by atoms with Crippen LogP contribution in [0.5, 0.6) is 0 Å². The van der Waals surface area contributed by atoms with Crippen molar-refractivity contribution in [3.8, 4) is 11.3 Å². The molecule has 4 heterocycles. The van der Waals surface area contributed by atoms with Gasteiger partial charge in [0, 0.05) is 30.8 Å². The maximum atomic E-state index is 13.7. The first-order valence-corrected chi connectivity index (χ1v) is 12.8. The SMILES string of the molecule is Cc1ncc(-c2cc(C(F)(F)F)c3c(N)ncnn23)cc1C(=O)NC1CN(C(=O)C2CCCCC2)C[C@@H]1C. The first-order chi connectivity index (χ1) is 18.0. The monoisotopic (exact) mass is 529 g/mol. The van der Waals surface area contributed by atoms with Gasteiger partial charge in [0.25, 0.3) is 5.91 Å². The largest absolute Gasteiger partial charge is 0.418 e. The van der Waals surface area contributed by atoms with Crippen LogP contribution in [-0.2, 0) is 11.0 Å². The van der Waals surface area contributed by atoms with Crippen LogP contribution in [0.15, 0.2) is 24.7 Å². The zero-order chi connectivity index (χ0) is 27.2. The predicted molar refractivity (Wildman–Crippen MR) is 134 cm³/mol. The van der Waals surface area contributed by atoms with Gasteiger partial charge in [0.15, 0.2) is 5.82 Å². The fraction of sp³-hybridized carbons (Fsp3) is 0.500. The van der Waals surface area contributed by atoms with Gasteiger partial charge in [-0.3, -0.25) is 14.6 Å². The second kappa shape index (κ2) is 9.88. The van der Waals surface area contributed by atoms with Crippen LogP contribution >= 0.6 is 0 Å². The molecule has 3 N–H and O–H groups in total. The molecule has 202 valence electrons. The van der Waals surface area contributed by atoms with Gasteiger partial charge in [-0.15, -0.1) is 0 Å². The van der Waals surface area contributed by atoms with Gasteiger partial charge < -0.3 is 16.0 Å². The van der Waals surface area contributed by atoms with Crippen molar-refractivity contribution in [1.29, 1.82) is 0 Å². The van der Waals surface area contributed by atoms with Crippen LogP contribution in [0.25, 0.3) is 16.8 Å². The van der Waals surface area contributed by atoms with Gasteiger partial charge in [-0.05, 0) is 37.8 Å². The van der Waals surface area contributed by atoms with Crippen LogP contribution in [0.4, 0.5) is 19.0 Å². The van der Waals surface area contributed by atoms with E-state index < -0.39 is 17.6 Å². The Balaban J connectivity index is 1.39. The molecule has 3 aromatic heterocycles. The number of likely N-dealkylation sites (tertiary alicyclic amines) is 1. The van der Waals surface area contributed by atoms with Crippen molar-refractivity contribution >= 4 is 23.1 Å². The van der Waals surface area contributed by atoms with Crippen LogP contribution < -0.4 is 11.1 Å². The number of aryl methyl sites for hydroxylation is 1. The minimum atomic E-state index is -4.68. The van der Waals surface area contributed by atoms with Gasteiger partial charge in [-0.1, -0.05) is 26.2 Å². The summed E-state index contributed by atoms with van der Waals surface area (Å²) in [6.45, 7) is 4.67. The average molecular weight is 530 g/mol. The number of nitrogen functional groups attached to an aromatic ring is 1. The number of nitrogens with two attached hydrogens (primary N) is 1. The third kappa shape index (κ3) is 4.79. The van der Waals surface area contributed by atoms with Gasteiger partial charge >= 0.3 is 6.18 Å². The van der Waals surface area contributed by atoms with Gasteiger partial charge in [0.05, 0.1) is 28.6 Å². The molecule has 2 atom stereocenters. The molecule has 9 nitrogen and oxygen atoms in total. The molecule has 2 fully saturated rings. The molecule has 1 aliphatic heterocycles. The molecular weight excluding hydrogens is 499 g/mol. The Morgan fingerprint density at radius 2 is 1.84 bits per heavy atom. The number of hydrogen-bond donors (Lipinski definition) is 2. The molecule has 2 amide bonds. The topological polar surface area (TPSA) is 119 Å². The summed E-state index contributed by atoms with van der Waals surface area (Å²) in [5.41, 5.74) is 5.45. The fourth-order valence-corrected chi connectivity index (χ4v) is 5.58. The van der Waals surface area contributed by atoms with Crippen molar-refractivity contribution in [2.45, 2.75) is 58.2 Å². The van der Waals surface area contributed by atoms with E-state index in [4.69, 9.17) is 5.73 Å². The molecule has 1 aliphatic carbocycles. The highest BCUT2D eigenvalue weighted by Crippen LogP contribution is 2.38. The lowest BCUT2D eigenvalue weighted by molar-refractivity contribution is -0.136. The Hall–Kier alpha value is -3.70. The summed E-state index contributed by atoms with van der Waals surface area (Å²) in [6.07, 6.45) is 2.94.